The molecule has 0 bridgehead atoms. The summed E-state index contributed by atoms with van der Waals surface area (Å²) < 4.78 is 1.90. The number of hydrogen-bond acceptors (Lipinski definition) is 5. The van der Waals surface area contributed by atoms with Gasteiger partial charge < -0.3 is 16.2 Å². The first-order valence-corrected chi connectivity index (χ1v) is 11.7. The van der Waals surface area contributed by atoms with Crippen molar-refractivity contribution < 1.29 is 14.7 Å². The number of carbonyl (C=O) groups excluding carboxylic acids is 2. The molecular weight excluding hydrogens is 404 g/mol. The lowest BCUT2D eigenvalue weighted by atomic mass is 9.75. The second kappa shape index (κ2) is 7.73. The summed E-state index contributed by atoms with van der Waals surface area (Å²) in [5, 5.41) is 18.5. The molecule has 1 amide bonds. The van der Waals surface area contributed by atoms with Gasteiger partial charge >= 0.3 is 0 Å². The number of primary amides is 1. The zero-order chi connectivity index (χ0) is 22.6. The van der Waals surface area contributed by atoms with Gasteiger partial charge in [0.05, 0.1) is 40.3 Å². The Morgan fingerprint density at radius 1 is 1.25 bits per heavy atom. The average Bonchev–Trinajstić information content (AvgIpc) is 3.33. The van der Waals surface area contributed by atoms with Crippen molar-refractivity contribution >= 4 is 17.4 Å². The van der Waals surface area contributed by atoms with Gasteiger partial charge in [-0.3, -0.25) is 9.59 Å². The molecule has 4 N–H and O–H groups in total. The number of aromatic nitrogens is 2. The molecule has 1 heterocycles. The Morgan fingerprint density at radius 3 is 2.69 bits per heavy atom. The van der Waals surface area contributed by atoms with Crippen LogP contribution in [0.1, 0.15) is 84.5 Å². The molecule has 2 atom stereocenters. The van der Waals surface area contributed by atoms with Gasteiger partial charge in [-0.05, 0) is 74.5 Å². The van der Waals surface area contributed by atoms with Gasteiger partial charge in [0, 0.05) is 12.1 Å². The number of ketones is 1. The van der Waals surface area contributed by atoms with E-state index in [9.17, 15) is 14.7 Å². The van der Waals surface area contributed by atoms with Crippen molar-refractivity contribution in [3.63, 3.8) is 0 Å². The number of nitrogens with zero attached hydrogens (tertiary/aromatic N) is 2. The summed E-state index contributed by atoms with van der Waals surface area (Å²) in [5.41, 5.74) is 9.97. The molecule has 0 radical (unpaired) electrons. The van der Waals surface area contributed by atoms with E-state index < -0.39 is 12.0 Å². The Morgan fingerprint density at radius 2 is 2.03 bits per heavy atom. The van der Waals surface area contributed by atoms with Crippen LogP contribution >= 0.6 is 0 Å². The fourth-order valence-electron chi connectivity index (χ4n) is 5.29. The lowest BCUT2D eigenvalue weighted by molar-refractivity contribution is 0.0909. The van der Waals surface area contributed by atoms with Crippen molar-refractivity contribution in [1.82, 2.24) is 9.78 Å². The van der Waals surface area contributed by atoms with Crippen LogP contribution in [0.25, 0.3) is 5.69 Å². The van der Waals surface area contributed by atoms with Gasteiger partial charge in [0.25, 0.3) is 5.91 Å². The van der Waals surface area contributed by atoms with Crippen LogP contribution < -0.4 is 11.1 Å². The van der Waals surface area contributed by atoms with E-state index in [0.29, 0.717) is 23.6 Å². The largest absolute Gasteiger partial charge is 0.391 e. The SMILES string of the molecule is CC1(C)CC(=O)c2c(CC3CC3)nn(-c3ccc(C(N)=O)c(NC4CCCC4O)c3)c2C1. The molecule has 7 heteroatoms. The molecule has 3 aliphatic carbocycles. The van der Waals surface area contributed by atoms with Gasteiger partial charge in [0.2, 0.25) is 0 Å². The smallest absolute Gasteiger partial charge is 0.250 e. The van der Waals surface area contributed by atoms with E-state index in [1.54, 1.807) is 6.07 Å². The first-order valence-electron chi connectivity index (χ1n) is 11.7. The normalized spacial score (nSPS) is 24.4. The van der Waals surface area contributed by atoms with E-state index in [1.165, 1.54) is 12.8 Å². The Labute approximate surface area is 188 Å². The van der Waals surface area contributed by atoms with Crippen molar-refractivity contribution in [2.24, 2.45) is 17.1 Å². The summed E-state index contributed by atoms with van der Waals surface area (Å²) >= 11 is 0. The molecule has 0 saturated heterocycles. The predicted molar refractivity (Wildman–Crippen MR) is 122 cm³/mol. The van der Waals surface area contributed by atoms with Gasteiger partial charge in [0.15, 0.2) is 5.78 Å². The summed E-state index contributed by atoms with van der Waals surface area (Å²) in [6.07, 6.45) is 6.65. The highest BCUT2D eigenvalue weighted by Crippen LogP contribution is 2.40. The third-order valence-electron chi connectivity index (χ3n) is 7.13. The molecular formula is C25H32N4O3. The topological polar surface area (TPSA) is 110 Å². The molecule has 3 aliphatic rings. The van der Waals surface area contributed by atoms with Crippen molar-refractivity contribution in [3.05, 3.63) is 40.7 Å². The van der Waals surface area contributed by atoms with Gasteiger partial charge in [-0.25, -0.2) is 4.68 Å². The van der Waals surface area contributed by atoms with E-state index >= 15 is 0 Å². The quantitative estimate of drug-likeness (QED) is 0.643. The van der Waals surface area contributed by atoms with Crippen LogP contribution in [0.4, 0.5) is 5.69 Å². The van der Waals surface area contributed by atoms with Crippen LogP contribution in [-0.2, 0) is 12.8 Å². The highest BCUT2D eigenvalue weighted by Gasteiger charge is 2.38. The van der Waals surface area contributed by atoms with E-state index in [2.05, 4.69) is 19.2 Å². The molecule has 170 valence electrons. The first-order chi connectivity index (χ1) is 15.2. The number of carbonyl (C=O) groups is 2. The molecule has 2 aromatic rings. The van der Waals surface area contributed by atoms with Crippen LogP contribution in [0.15, 0.2) is 18.2 Å². The van der Waals surface area contributed by atoms with Crippen LogP contribution in [-0.4, -0.2) is 38.7 Å². The number of amides is 1. The summed E-state index contributed by atoms with van der Waals surface area (Å²) in [6.45, 7) is 4.24. The lowest BCUT2D eigenvalue weighted by Crippen LogP contribution is -2.29. The third kappa shape index (κ3) is 3.94. The molecule has 2 saturated carbocycles. The Balaban J connectivity index is 1.59. The molecule has 5 rings (SSSR count). The van der Waals surface area contributed by atoms with Crippen LogP contribution in [0.5, 0.6) is 0 Å². The van der Waals surface area contributed by atoms with E-state index in [-0.39, 0.29) is 17.2 Å². The highest BCUT2D eigenvalue weighted by atomic mass is 16.3. The fourth-order valence-corrected chi connectivity index (χ4v) is 5.29. The molecule has 7 nitrogen and oxygen atoms in total. The summed E-state index contributed by atoms with van der Waals surface area (Å²) in [6, 6.07) is 5.33. The lowest BCUT2D eigenvalue weighted by Gasteiger charge is -2.29. The fraction of sp³-hybridized carbons (Fsp3) is 0.560. The zero-order valence-corrected chi connectivity index (χ0v) is 18.9. The van der Waals surface area contributed by atoms with E-state index in [0.717, 1.165) is 54.7 Å². The minimum atomic E-state index is -0.514. The van der Waals surface area contributed by atoms with Gasteiger partial charge in [-0.1, -0.05) is 13.8 Å². The van der Waals surface area contributed by atoms with Gasteiger partial charge in [-0.2, -0.15) is 5.10 Å². The number of fused-ring (bicyclic) bond motifs is 1. The molecule has 2 unspecified atom stereocenters. The number of nitrogens with one attached hydrogen (secondary N) is 1. The number of Topliss-reactive ketones (excluding diaryl/α,β-unsaturated/α-hetero) is 1. The number of aliphatic hydroxyl groups is 1. The first kappa shape index (κ1) is 21.2. The van der Waals surface area contributed by atoms with Crippen LogP contribution in [0, 0.1) is 11.3 Å². The number of anilines is 1. The van der Waals surface area contributed by atoms with Crippen LogP contribution in [0.2, 0.25) is 0 Å². The maximum atomic E-state index is 13.1. The van der Waals surface area contributed by atoms with Crippen molar-refractivity contribution in [2.75, 3.05) is 5.32 Å². The molecule has 0 spiro atoms. The van der Waals surface area contributed by atoms with Crippen molar-refractivity contribution in [1.29, 1.82) is 0 Å². The minimum absolute atomic E-state index is 0.110. The van der Waals surface area contributed by atoms with Gasteiger partial charge in [-0.15, -0.1) is 0 Å². The predicted octanol–water partition coefficient (Wildman–Crippen LogP) is 3.40. The number of aliphatic hydroxyl groups excluding tert-OH is 1. The number of benzene rings is 1. The summed E-state index contributed by atoms with van der Waals surface area (Å²) in [7, 11) is 0. The molecule has 32 heavy (non-hydrogen) atoms. The molecule has 2 fully saturated rings. The Kier molecular flexibility index (Phi) is 5.12. The maximum Gasteiger partial charge on any atom is 0.250 e. The van der Waals surface area contributed by atoms with Crippen molar-refractivity contribution in [2.45, 2.75) is 77.4 Å². The monoisotopic (exact) mass is 436 g/mol. The summed E-state index contributed by atoms with van der Waals surface area (Å²) in [4.78, 5) is 25.2. The highest BCUT2D eigenvalue weighted by molar-refractivity contribution is 6.00. The molecule has 1 aromatic carbocycles. The number of rotatable bonds is 6. The second-order valence-electron chi connectivity index (χ2n) is 10.6. The zero-order valence-electron chi connectivity index (χ0n) is 18.9. The van der Waals surface area contributed by atoms with Crippen LogP contribution in [0.3, 0.4) is 0 Å². The Hall–Kier alpha value is -2.67. The average molecular weight is 437 g/mol. The number of hydrogen-bond donors (Lipinski definition) is 3. The minimum Gasteiger partial charge on any atom is -0.391 e. The Bertz CT molecular complexity index is 1080. The van der Waals surface area contributed by atoms with E-state index in [4.69, 9.17) is 10.8 Å². The number of nitrogens with two attached hydrogens (primary N) is 1. The van der Waals surface area contributed by atoms with Gasteiger partial charge in [0.1, 0.15) is 0 Å². The summed E-state index contributed by atoms with van der Waals surface area (Å²) in [5.74, 6) is 0.294. The second-order valence-corrected chi connectivity index (χ2v) is 10.6. The molecule has 0 aliphatic heterocycles. The third-order valence-corrected chi connectivity index (χ3v) is 7.13. The maximum absolute atomic E-state index is 13.1. The standard InChI is InChI=1S/C25H32N4O3/c1-25(2)12-20-23(22(31)13-25)19(10-14-6-7-14)28-29(20)15-8-9-16(24(26)32)18(11-15)27-17-4-3-5-21(17)30/h8-9,11,14,17,21,27,30H,3-7,10,12-13H2,1-2H3,(H2,26,32). The van der Waals surface area contributed by atoms with Crippen molar-refractivity contribution in [3.8, 4) is 5.69 Å². The van der Waals surface area contributed by atoms with E-state index in [1.807, 2.05) is 16.8 Å². The molecule has 1 aromatic heterocycles.